The van der Waals surface area contributed by atoms with Crippen molar-refractivity contribution in [3.63, 3.8) is 0 Å². The molecule has 0 saturated carbocycles. The van der Waals surface area contributed by atoms with Crippen molar-refractivity contribution >= 4 is 17.5 Å². The normalized spacial score (nSPS) is 11.2. The Labute approximate surface area is 119 Å². The molecule has 0 radical (unpaired) electrons. The first-order valence-electron chi connectivity index (χ1n) is 5.71. The molecule has 1 aromatic rings. The zero-order chi connectivity index (χ0) is 15.2. The summed E-state index contributed by atoms with van der Waals surface area (Å²) in [6, 6.07) is 4.79. The molecular formula is C12H14ClF3N2O2. The lowest BCUT2D eigenvalue weighted by Gasteiger charge is -2.12. The Morgan fingerprint density at radius 2 is 2.10 bits per heavy atom. The third-order valence-electron chi connectivity index (χ3n) is 2.23. The second-order valence-electron chi connectivity index (χ2n) is 3.96. The Balaban J connectivity index is 2.54. The van der Waals surface area contributed by atoms with Gasteiger partial charge in [0.25, 0.3) is 5.91 Å². The predicted octanol–water partition coefficient (Wildman–Crippen LogP) is 2.12. The number of halogens is 4. The van der Waals surface area contributed by atoms with Crippen molar-refractivity contribution in [3.8, 4) is 5.75 Å². The molecule has 8 heteroatoms. The van der Waals surface area contributed by atoms with E-state index in [4.69, 9.17) is 16.3 Å². The number of amides is 1. The van der Waals surface area contributed by atoms with E-state index >= 15 is 0 Å². The first-order valence-corrected chi connectivity index (χ1v) is 6.09. The van der Waals surface area contributed by atoms with Gasteiger partial charge in [0.1, 0.15) is 12.3 Å². The molecule has 2 N–H and O–H groups in total. The van der Waals surface area contributed by atoms with Gasteiger partial charge < -0.3 is 15.4 Å². The second kappa shape index (κ2) is 7.35. The van der Waals surface area contributed by atoms with Gasteiger partial charge >= 0.3 is 6.18 Å². The van der Waals surface area contributed by atoms with E-state index in [-0.39, 0.29) is 0 Å². The van der Waals surface area contributed by atoms with Gasteiger partial charge in [-0.05, 0) is 25.2 Å². The maximum Gasteiger partial charge on any atom is 0.405 e. The molecule has 112 valence electrons. The first-order chi connectivity index (χ1) is 9.31. The van der Waals surface area contributed by atoms with Gasteiger partial charge in [-0.2, -0.15) is 13.2 Å². The number of carbonyl (C=O) groups is 1. The molecule has 0 atom stereocenters. The standard InChI is InChI=1S/C12H14ClF3N2O2/c1-17-5-8-4-9(13)2-3-10(8)20-6-11(19)18-7-12(14,15)16/h2-4,17H,5-7H2,1H3,(H,18,19). The molecule has 0 heterocycles. The van der Waals surface area contributed by atoms with Crippen LogP contribution in [0.1, 0.15) is 5.56 Å². The van der Waals surface area contributed by atoms with Gasteiger partial charge in [-0.25, -0.2) is 0 Å². The zero-order valence-electron chi connectivity index (χ0n) is 10.7. The van der Waals surface area contributed by atoms with Crippen molar-refractivity contribution in [1.82, 2.24) is 10.6 Å². The van der Waals surface area contributed by atoms with Crippen LogP contribution in [0.25, 0.3) is 0 Å². The summed E-state index contributed by atoms with van der Waals surface area (Å²) >= 11 is 5.83. The summed E-state index contributed by atoms with van der Waals surface area (Å²) in [4.78, 5) is 11.2. The summed E-state index contributed by atoms with van der Waals surface area (Å²) in [5.74, 6) is -0.446. The van der Waals surface area contributed by atoms with Gasteiger partial charge in [-0.3, -0.25) is 4.79 Å². The third kappa shape index (κ3) is 6.12. The van der Waals surface area contributed by atoms with E-state index in [0.717, 1.165) is 0 Å². The summed E-state index contributed by atoms with van der Waals surface area (Å²) < 4.78 is 40.9. The van der Waals surface area contributed by atoms with Gasteiger partial charge in [0, 0.05) is 17.1 Å². The quantitative estimate of drug-likeness (QED) is 0.846. The highest BCUT2D eigenvalue weighted by atomic mass is 35.5. The largest absolute Gasteiger partial charge is 0.483 e. The predicted molar refractivity (Wildman–Crippen MR) is 68.8 cm³/mol. The summed E-state index contributed by atoms with van der Waals surface area (Å²) in [7, 11) is 1.72. The van der Waals surface area contributed by atoms with Crippen LogP contribution in [0.15, 0.2) is 18.2 Å². The Kier molecular flexibility index (Phi) is 6.09. The Morgan fingerprint density at radius 3 is 2.70 bits per heavy atom. The molecule has 1 rings (SSSR count). The van der Waals surface area contributed by atoms with Crippen LogP contribution in [0.3, 0.4) is 0 Å². The Hall–Kier alpha value is -1.47. The van der Waals surface area contributed by atoms with E-state index in [2.05, 4.69) is 5.32 Å². The van der Waals surface area contributed by atoms with E-state index in [9.17, 15) is 18.0 Å². The molecule has 0 aromatic heterocycles. The molecule has 1 amide bonds. The Bertz CT molecular complexity index is 467. The van der Waals surface area contributed by atoms with Crippen molar-refractivity contribution in [2.24, 2.45) is 0 Å². The highest BCUT2D eigenvalue weighted by Crippen LogP contribution is 2.22. The number of carbonyl (C=O) groups excluding carboxylic acids is 1. The van der Waals surface area contributed by atoms with E-state index < -0.39 is 25.2 Å². The van der Waals surface area contributed by atoms with Crippen molar-refractivity contribution in [3.05, 3.63) is 28.8 Å². The maximum atomic E-state index is 11.9. The molecule has 0 fully saturated rings. The fourth-order valence-corrected chi connectivity index (χ4v) is 1.61. The number of nitrogens with one attached hydrogen (secondary N) is 2. The van der Waals surface area contributed by atoms with Crippen molar-refractivity contribution < 1.29 is 22.7 Å². The molecule has 1 aromatic carbocycles. The minimum absolute atomic E-state index is 0.394. The summed E-state index contributed by atoms with van der Waals surface area (Å²) in [5.41, 5.74) is 0.712. The lowest BCUT2D eigenvalue weighted by molar-refractivity contribution is -0.139. The second-order valence-corrected chi connectivity index (χ2v) is 4.40. The molecular weight excluding hydrogens is 297 g/mol. The summed E-state index contributed by atoms with van der Waals surface area (Å²) in [6.07, 6.45) is -4.44. The number of hydrogen-bond donors (Lipinski definition) is 2. The number of hydrogen-bond acceptors (Lipinski definition) is 3. The van der Waals surface area contributed by atoms with Crippen LogP contribution < -0.4 is 15.4 Å². The smallest absolute Gasteiger partial charge is 0.405 e. The van der Waals surface area contributed by atoms with E-state index in [1.807, 2.05) is 0 Å². The minimum Gasteiger partial charge on any atom is -0.483 e. The first kappa shape index (κ1) is 16.6. The molecule has 0 aliphatic rings. The molecule has 0 aliphatic carbocycles. The van der Waals surface area contributed by atoms with Crippen LogP contribution in [-0.4, -0.2) is 32.3 Å². The number of rotatable bonds is 6. The van der Waals surface area contributed by atoms with Crippen LogP contribution in [0.2, 0.25) is 5.02 Å². The molecule has 4 nitrogen and oxygen atoms in total. The molecule has 0 unspecified atom stereocenters. The molecule has 0 bridgehead atoms. The van der Waals surface area contributed by atoms with Crippen LogP contribution in [0.4, 0.5) is 13.2 Å². The van der Waals surface area contributed by atoms with E-state index in [0.29, 0.717) is 22.9 Å². The lowest BCUT2D eigenvalue weighted by Crippen LogP contribution is -2.36. The average Bonchev–Trinajstić information content (AvgIpc) is 2.35. The van der Waals surface area contributed by atoms with Gasteiger partial charge in [-0.1, -0.05) is 11.6 Å². The fourth-order valence-electron chi connectivity index (χ4n) is 1.41. The molecule has 0 saturated heterocycles. The minimum atomic E-state index is -4.44. The van der Waals surface area contributed by atoms with Crippen LogP contribution in [-0.2, 0) is 11.3 Å². The van der Waals surface area contributed by atoms with Crippen molar-refractivity contribution in [1.29, 1.82) is 0 Å². The summed E-state index contributed by atoms with van der Waals surface area (Å²) in [5, 5.41) is 5.13. The van der Waals surface area contributed by atoms with Crippen molar-refractivity contribution in [2.75, 3.05) is 20.2 Å². The number of benzene rings is 1. The Morgan fingerprint density at radius 1 is 1.40 bits per heavy atom. The monoisotopic (exact) mass is 310 g/mol. The van der Waals surface area contributed by atoms with Crippen LogP contribution in [0, 0.1) is 0 Å². The zero-order valence-corrected chi connectivity index (χ0v) is 11.4. The van der Waals surface area contributed by atoms with E-state index in [1.54, 1.807) is 30.6 Å². The van der Waals surface area contributed by atoms with Crippen molar-refractivity contribution in [2.45, 2.75) is 12.7 Å². The molecule has 0 aliphatic heterocycles. The molecule has 0 spiro atoms. The topological polar surface area (TPSA) is 50.4 Å². The highest BCUT2D eigenvalue weighted by Gasteiger charge is 2.27. The number of alkyl halides is 3. The van der Waals surface area contributed by atoms with Gasteiger partial charge in [0.2, 0.25) is 0 Å². The van der Waals surface area contributed by atoms with E-state index in [1.165, 1.54) is 0 Å². The van der Waals surface area contributed by atoms with Gasteiger partial charge in [0.05, 0.1) is 0 Å². The lowest BCUT2D eigenvalue weighted by atomic mass is 10.2. The van der Waals surface area contributed by atoms with Gasteiger partial charge in [0.15, 0.2) is 6.61 Å². The fraction of sp³-hybridized carbons (Fsp3) is 0.417. The highest BCUT2D eigenvalue weighted by molar-refractivity contribution is 6.30. The molecule has 20 heavy (non-hydrogen) atoms. The third-order valence-corrected chi connectivity index (χ3v) is 2.47. The van der Waals surface area contributed by atoms with Gasteiger partial charge in [-0.15, -0.1) is 0 Å². The average molecular weight is 311 g/mol. The maximum absolute atomic E-state index is 11.9. The summed E-state index contributed by atoms with van der Waals surface area (Å²) in [6.45, 7) is -1.41. The number of ether oxygens (including phenoxy) is 1. The SMILES string of the molecule is CNCc1cc(Cl)ccc1OCC(=O)NCC(F)(F)F. The van der Waals surface area contributed by atoms with Crippen LogP contribution in [0.5, 0.6) is 5.75 Å². The van der Waals surface area contributed by atoms with Crippen LogP contribution >= 0.6 is 11.6 Å².